The number of carbonyl (C=O) groups excluding carboxylic acids is 2. The summed E-state index contributed by atoms with van der Waals surface area (Å²) in [7, 11) is 0. The fourth-order valence-electron chi connectivity index (χ4n) is 3.35. The Balaban J connectivity index is 1.55. The summed E-state index contributed by atoms with van der Waals surface area (Å²) in [4.78, 5) is 29.2. The molecule has 0 aliphatic carbocycles. The molecule has 3 N–H and O–H groups in total. The SMILES string of the molecule is O=C(Nc1ccc(C(C(=O)NO)c2ccccc2)cc1)c1ccc2ccccc2n1. The van der Waals surface area contributed by atoms with Crippen LogP contribution in [0.1, 0.15) is 27.5 Å². The number of nitrogens with one attached hydrogen (secondary N) is 2. The molecule has 1 atom stereocenters. The number of hydrogen-bond donors (Lipinski definition) is 3. The van der Waals surface area contributed by atoms with Crippen LogP contribution in [0.5, 0.6) is 0 Å². The van der Waals surface area contributed by atoms with Crippen molar-refractivity contribution >= 4 is 28.4 Å². The van der Waals surface area contributed by atoms with Gasteiger partial charge in [0.15, 0.2) is 0 Å². The number of amides is 2. The maximum atomic E-state index is 12.6. The molecule has 30 heavy (non-hydrogen) atoms. The Hall–Kier alpha value is -4.03. The molecule has 4 aromatic rings. The van der Waals surface area contributed by atoms with Crippen LogP contribution < -0.4 is 10.8 Å². The van der Waals surface area contributed by atoms with E-state index < -0.39 is 11.8 Å². The molecule has 6 nitrogen and oxygen atoms in total. The third-order valence-electron chi connectivity index (χ3n) is 4.84. The molecule has 0 aliphatic heterocycles. The van der Waals surface area contributed by atoms with Crippen molar-refractivity contribution in [3.8, 4) is 0 Å². The molecule has 0 spiro atoms. The predicted octanol–water partition coefficient (Wildman–Crippen LogP) is 4.12. The van der Waals surface area contributed by atoms with Gasteiger partial charge in [0.25, 0.3) is 11.8 Å². The highest BCUT2D eigenvalue weighted by molar-refractivity contribution is 6.04. The van der Waals surface area contributed by atoms with Gasteiger partial charge in [0.2, 0.25) is 0 Å². The van der Waals surface area contributed by atoms with Gasteiger partial charge in [-0.2, -0.15) is 0 Å². The van der Waals surface area contributed by atoms with Crippen molar-refractivity contribution in [3.63, 3.8) is 0 Å². The number of hydrogen-bond acceptors (Lipinski definition) is 4. The van der Waals surface area contributed by atoms with Crippen LogP contribution >= 0.6 is 0 Å². The molecule has 0 saturated carbocycles. The van der Waals surface area contributed by atoms with E-state index in [0.717, 1.165) is 16.5 Å². The second kappa shape index (κ2) is 8.55. The Labute approximate surface area is 173 Å². The van der Waals surface area contributed by atoms with Crippen LogP contribution in [0, 0.1) is 0 Å². The van der Waals surface area contributed by atoms with E-state index >= 15 is 0 Å². The molecule has 0 aliphatic rings. The van der Waals surface area contributed by atoms with E-state index in [1.807, 2.05) is 60.7 Å². The summed E-state index contributed by atoms with van der Waals surface area (Å²) in [5.74, 6) is -1.51. The number of para-hydroxylation sites is 1. The van der Waals surface area contributed by atoms with Gasteiger partial charge in [-0.15, -0.1) is 0 Å². The molecule has 4 rings (SSSR count). The fraction of sp³-hybridized carbons (Fsp3) is 0.0417. The van der Waals surface area contributed by atoms with Gasteiger partial charge in [0, 0.05) is 11.1 Å². The molecule has 1 unspecified atom stereocenters. The fourth-order valence-corrected chi connectivity index (χ4v) is 3.35. The number of hydroxylamine groups is 1. The van der Waals surface area contributed by atoms with Crippen LogP contribution in [0.3, 0.4) is 0 Å². The lowest BCUT2D eigenvalue weighted by atomic mass is 9.90. The van der Waals surface area contributed by atoms with Crippen LogP contribution in [-0.4, -0.2) is 22.0 Å². The molecule has 1 aromatic heterocycles. The van der Waals surface area contributed by atoms with Crippen molar-refractivity contribution in [3.05, 3.63) is 108 Å². The summed E-state index contributed by atoms with van der Waals surface area (Å²) in [5, 5.41) is 12.9. The topological polar surface area (TPSA) is 91.3 Å². The van der Waals surface area contributed by atoms with E-state index in [0.29, 0.717) is 16.9 Å². The third kappa shape index (κ3) is 4.04. The zero-order valence-corrected chi connectivity index (χ0v) is 15.9. The number of anilines is 1. The van der Waals surface area contributed by atoms with Gasteiger partial charge < -0.3 is 5.32 Å². The van der Waals surface area contributed by atoms with Gasteiger partial charge in [-0.3, -0.25) is 14.8 Å². The molecular formula is C24H19N3O3. The lowest BCUT2D eigenvalue weighted by Crippen LogP contribution is -2.27. The smallest absolute Gasteiger partial charge is 0.274 e. The Bertz CT molecular complexity index is 1190. The zero-order chi connectivity index (χ0) is 20.9. The summed E-state index contributed by atoms with van der Waals surface area (Å²) in [6.07, 6.45) is 0. The summed E-state index contributed by atoms with van der Waals surface area (Å²) < 4.78 is 0. The van der Waals surface area contributed by atoms with Crippen molar-refractivity contribution in [2.45, 2.75) is 5.92 Å². The monoisotopic (exact) mass is 397 g/mol. The predicted molar refractivity (Wildman–Crippen MR) is 114 cm³/mol. The molecule has 0 radical (unpaired) electrons. The number of benzene rings is 3. The Morgan fingerprint density at radius 2 is 1.43 bits per heavy atom. The van der Waals surface area contributed by atoms with Crippen molar-refractivity contribution < 1.29 is 14.8 Å². The van der Waals surface area contributed by atoms with E-state index in [2.05, 4.69) is 10.3 Å². The average molecular weight is 397 g/mol. The number of rotatable bonds is 5. The van der Waals surface area contributed by atoms with Crippen molar-refractivity contribution in [1.82, 2.24) is 10.5 Å². The number of pyridine rings is 1. The van der Waals surface area contributed by atoms with Crippen molar-refractivity contribution in [2.24, 2.45) is 0 Å². The van der Waals surface area contributed by atoms with Gasteiger partial charge in [-0.25, -0.2) is 10.5 Å². The van der Waals surface area contributed by atoms with Crippen LogP contribution in [0.25, 0.3) is 10.9 Å². The highest BCUT2D eigenvalue weighted by Gasteiger charge is 2.22. The number of aromatic nitrogens is 1. The van der Waals surface area contributed by atoms with Crippen molar-refractivity contribution in [1.29, 1.82) is 0 Å². The molecule has 0 bridgehead atoms. The highest BCUT2D eigenvalue weighted by atomic mass is 16.5. The second-order valence-electron chi connectivity index (χ2n) is 6.79. The minimum atomic E-state index is -0.664. The highest BCUT2D eigenvalue weighted by Crippen LogP contribution is 2.26. The van der Waals surface area contributed by atoms with Gasteiger partial charge >= 0.3 is 0 Å². The van der Waals surface area contributed by atoms with Gasteiger partial charge in [0.05, 0.1) is 11.4 Å². The third-order valence-corrected chi connectivity index (χ3v) is 4.84. The number of nitrogens with zero attached hydrogens (tertiary/aromatic N) is 1. The average Bonchev–Trinajstić information content (AvgIpc) is 2.80. The summed E-state index contributed by atoms with van der Waals surface area (Å²) >= 11 is 0. The normalized spacial score (nSPS) is 11.6. The van der Waals surface area contributed by atoms with Gasteiger partial charge in [0.1, 0.15) is 5.69 Å². The van der Waals surface area contributed by atoms with Crippen LogP contribution in [-0.2, 0) is 4.79 Å². The van der Waals surface area contributed by atoms with Crippen molar-refractivity contribution in [2.75, 3.05) is 5.32 Å². The molecule has 148 valence electrons. The molecular weight excluding hydrogens is 378 g/mol. The lowest BCUT2D eigenvalue weighted by molar-refractivity contribution is -0.129. The van der Waals surface area contributed by atoms with Crippen LogP contribution in [0.2, 0.25) is 0 Å². The quantitative estimate of drug-likeness (QED) is 0.349. The zero-order valence-electron chi connectivity index (χ0n) is 15.9. The van der Waals surface area contributed by atoms with Crippen LogP contribution in [0.15, 0.2) is 91.0 Å². The summed E-state index contributed by atoms with van der Waals surface area (Å²) in [5.41, 5.74) is 4.82. The first-order valence-corrected chi connectivity index (χ1v) is 9.42. The molecule has 0 saturated heterocycles. The van der Waals surface area contributed by atoms with Gasteiger partial charge in [-0.05, 0) is 35.4 Å². The summed E-state index contributed by atoms with van der Waals surface area (Å²) in [6, 6.07) is 27.2. The molecule has 6 heteroatoms. The van der Waals surface area contributed by atoms with E-state index in [4.69, 9.17) is 5.21 Å². The lowest BCUT2D eigenvalue weighted by Gasteiger charge is -2.16. The minimum Gasteiger partial charge on any atom is -0.321 e. The largest absolute Gasteiger partial charge is 0.321 e. The second-order valence-corrected chi connectivity index (χ2v) is 6.79. The standard InChI is InChI=1S/C24H19N3O3/c28-23(21-15-12-16-6-4-5-9-20(16)26-21)25-19-13-10-18(11-14-19)22(24(29)27-30)17-7-2-1-3-8-17/h1-15,22,30H,(H,25,28)(H,27,29). The maximum Gasteiger partial charge on any atom is 0.274 e. The first kappa shape index (κ1) is 19.3. The Morgan fingerprint density at radius 1 is 0.767 bits per heavy atom. The van der Waals surface area contributed by atoms with E-state index in [9.17, 15) is 9.59 Å². The molecule has 3 aromatic carbocycles. The van der Waals surface area contributed by atoms with Gasteiger partial charge in [-0.1, -0.05) is 66.7 Å². The minimum absolute atomic E-state index is 0.318. The van der Waals surface area contributed by atoms with E-state index in [1.54, 1.807) is 35.8 Å². The Morgan fingerprint density at radius 3 is 2.17 bits per heavy atom. The maximum absolute atomic E-state index is 12.6. The first-order chi connectivity index (χ1) is 14.7. The van der Waals surface area contributed by atoms with E-state index in [-0.39, 0.29) is 5.91 Å². The Kier molecular flexibility index (Phi) is 5.50. The molecule has 0 fully saturated rings. The summed E-state index contributed by atoms with van der Waals surface area (Å²) in [6.45, 7) is 0. The number of fused-ring (bicyclic) bond motifs is 1. The van der Waals surface area contributed by atoms with E-state index in [1.165, 1.54) is 0 Å². The number of carbonyl (C=O) groups is 2. The molecule has 1 heterocycles. The van der Waals surface area contributed by atoms with Crippen LogP contribution in [0.4, 0.5) is 5.69 Å². The molecule has 2 amide bonds. The first-order valence-electron chi connectivity index (χ1n) is 9.42.